The molecule has 0 nitrogen and oxygen atoms in total. The first-order valence-corrected chi connectivity index (χ1v) is 3.94. The van der Waals surface area contributed by atoms with Crippen molar-refractivity contribution in [3.05, 3.63) is 23.3 Å². The Morgan fingerprint density at radius 1 is 1.50 bits per heavy atom. The normalized spacial score (nSPS) is 24.9. The Kier molecular flexibility index (Phi) is 2.52. The molecule has 0 aromatic rings. The van der Waals surface area contributed by atoms with E-state index in [9.17, 15) is 13.2 Å². The zero-order valence-electron chi connectivity index (χ0n) is 6.45. The molecule has 0 aromatic carbocycles. The van der Waals surface area contributed by atoms with Crippen LogP contribution in [0.5, 0.6) is 0 Å². The fourth-order valence-corrected chi connectivity index (χ4v) is 1.35. The van der Waals surface area contributed by atoms with Gasteiger partial charge < -0.3 is 0 Å². The summed E-state index contributed by atoms with van der Waals surface area (Å²) in [5, 5.41) is -0.923. The minimum absolute atomic E-state index is 0.263. The maximum Gasteiger partial charge on any atom is 0.414 e. The van der Waals surface area contributed by atoms with Gasteiger partial charge in [0.2, 0.25) is 0 Å². The monoisotopic (exact) mass is 196 g/mol. The first kappa shape index (κ1) is 9.65. The molecule has 0 bridgehead atoms. The van der Waals surface area contributed by atoms with E-state index in [0.29, 0.717) is 5.57 Å². The summed E-state index contributed by atoms with van der Waals surface area (Å²) < 4.78 is 36.6. The van der Waals surface area contributed by atoms with E-state index in [1.165, 1.54) is 0 Å². The van der Waals surface area contributed by atoms with Crippen LogP contribution in [0.2, 0.25) is 0 Å². The van der Waals surface area contributed by atoms with E-state index in [1.54, 1.807) is 13.0 Å². The molecule has 1 aliphatic rings. The van der Waals surface area contributed by atoms with Gasteiger partial charge in [0.15, 0.2) is 0 Å². The SMILES string of the molecule is CC1=CCC(Cl)C(C(F)(F)F)=C1. The lowest BCUT2D eigenvalue weighted by atomic mass is 9.99. The van der Waals surface area contributed by atoms with Crippen LogP contribution < -0.4 is 0 Å². The van der Waals surface area contributed by atoms with E-state index in [4.69, 9.17) is 11.6 Å². The highest BCUT2D eigenvalue weighted by Gasteiger charge is 2.38. The molecule has 0 heterocycles. The van der Waals surface area contributed by atoms with Crippen molar-refractivity contribution in [2.24, 2.45) is 0 Å². The van der Waals surface area contributed by atoms with Gasteiger partial charge in [-0.25, -0.2) is 0 Å². The quantitative estimate of drug-likeness (QED) is 0.521. The largest absolute Gasteiger partial charge is 0.414 e. The first-order chi connectivity index (χ1) is 5.41. The smallest absolute Gasteiger partial charge is 0.166 e. The Balaban J connectivity index is 2.94. The van der Waals surface area contributed by atoms with Gasteiger partial charge in [-0.2, -0.15) is 13.2 Å². The number of alkyl halides is 4. The number of hydrogen-bond donors (Lipinski definition) is 0. The molecule has 1 aliphatic carbocycles. The fraction of sp³-hybridized carbons (Fsp3) is 0.500. The molecule has 0 aromatic heterocycles. The van der Waals surface area contributed by atoms with Crippen molar-refractivity contribution in [3.8, 4) is 0 Å². The average molecular weight is 197 g/mol. The summed E-state index contributed by atoms with van der Waals surface area (Å²) in [5.74, 6) is 0. The summed E-state index contributed by atoms with van der Waals surface area (Å²) in [6, 6.07) is 0. The number of hydrogen-bond acceptors (Lipinski definition) is 0. The number of allylic oxidation sites excluding steroid dienone is 4. The fourth-order valence-electron chi connectivity index (χ4n) is 1.07. The molecule has 0 fully saturated rings. The summed E-state index contributed by atoms with van der Waals surface area (Å²) in [6.45, 7) is 1.63. The van der Waals surface area contributed by atoms with Gasteiger partial charge in [0.05, 0.1) is 11.0 Å². The maximum atomic E-state index is 12.2. The second-order valence-electron chi connectivity index (χ2n) is 2.75. The predicted octanol–water partition coefficient (Wildman–Crippen LogP) is 3.43. The van der Waals surface area contributed by atoms with Gasteiger partial charge in [-0.15, -0.1) is 11.6 Å². The van der Waals surface area contributed by atoms with Gasteiger partial charge in [0.25, 0.3) is 0 Å². The minimum atomic E-state index is -4.29. The third-order valence-corrected chi connectivity index (χ3v) is 2.11. The molecule has 4 heteroatoms. The second-order valence-corrected chi connectivity index (χ2v) is 3.28. The molecule has 0 N–H and O–H groups in total. The van der Waals surface area contributed by atoms with E-state index >= 15 is 0 Å². The van der Waals surface area contributed by atoms with Gasteiger partial charge in [-0.05, 0) is 19.4 Å². The Labute approximate surface area is 73.7 Å². The number of rotatable bonds is 0. The Bertz CT molecular complexity index is 237. The van der Waals surface area contributed by atoms with Crippen LogP contribution in [0.1, 0.15) is 13.3 Å². The summed E-state index contributed by atoms with van der Waals surface area (Å²) in [5.41, 5.74) is -0.0107. The molecule has 1 unspecified atom stereocenters. The Morgan fingerprint density at radius 3 is 2.50 bits per heavy atom. The van der Waals surface area contributed by atoms with E-state index < -0.39 is 17.1 Å². The number of halogens is 4. The molecular formula is C8H8ClF3. The van der Waals surface area contributed by atoms with E-state index in [-0.39, 0.29) is 6.42 Å². The summed E-state index contributed by atoms with van der Waals surface area (Å²) in [6.07, 6.45) is -1.23. The van der Waals surface area contributed by atoms with Crippen molar-refractivity contribution in [2.45, 2.75) is 24.9 Å². The predicted molar refractivity (Wildman–Crippen MR) is 42.2 cm³/mol. The molecule has 1 atom stereocenters. The summed E-state index contributed by atoms with van der Waals surface area (Å²) >= 11 is 5.50. The molecule has 68 valence electrons. The lowest BCUT2D eigenvalue weighted by Gasteiger charge is -2.19. The van der Waals surface area contributed by atoms with Crippen LogP contribution in [0, 0.1) is 0 Å². The molecule has 12 heavy (non-hydrogen) atoms. The van der Waals surface area contributed by atoms with E-state index in [0.717, 1.165) is 6.08 Å². The topological polar surface area (TPSA) is 0 Å². The zero-order valence-corrected chi connectivity index (χ0v) is 7.21. The lowest BCUT2D eigenvalue weighted by Crippen LogP contribution is -2.22. The highest BCUT2D eigenvalue weighted by Crippen LogP contribution is 2.35. The molecule has 0 saturated heterocycles. The van der Waals surface area contributed by atoms with E-state index in [1.807, 2.05) is 0 Å². The van der Waals surface area contributed by atoms with Gasteiger partial charge >= 0.3 is 6.18 Å². The van der Waals surface area contributed by atoms with Gasteiger partial charge in [-0.1, -0.05) is 11.6 Å². The third-order valence-electron chi connectivity index (χ3n) is 1.69. The maximum absolute atomic E-state index is 12.2. The van der Waals surface area contributed by atoms with E-state index in [2.05, 4.69) is 0 Å². The van der Waals surface area contributed by atoms with Crippen LogP contribution in [0.3, 0.4) is 0 Å². The van der Waals surface area contributed by atoms with Crippen molar-refractivity contribution in [2.75, 3.05) is 0 Å². The highest BCUT2D eigenvalue weighted by molar-refractivity contribution is 6.22. The van der Waals surface area contributed by atoms with Crippen LogP contribution in [0.4, 0.5) is 13.2 Å². The molecular weight excluding hydrogens is 189 g/mol. The summed E-state index contributed by atoms with van der Waals surface area (Å²) in [4.78, 5) is 0. The Hall–Kier alpha value is -0.440. The molecule has 0 aliphatic heterocycles. The molecule has 0 saturated carbocycles. The molecule has 0 spiro atoms. The van der Waals surface area contributed by atoms with Gasteiger partial charge in [-0.3, -0.25) is 0 Å². The zero-order chi connectivity index (χ0) is 9.35. The van der Waals surface area contributed by atoms with Crippen molar-refractivity contribution in [1.82, 2.24) is 0 Å². The highest BCUT2D eigenvalue weighted by atomic mass is 35.5. The van der Waals surface area contributed by atoms with Gasteiger partial charge in [0, 0.05) is 0 Å². The van der Waals surface area contributed by atoms with Crippen molar-refractivity contribution in [3.63, 3.8) is 0 Å². The first-order valence-electron chi connectivity index (χ1n) is 3.51. The van der Waals surface area contributed by atoms with Crippen LogP contribution in [0.15, 0.2) is 23.3 Å². The van der Waals surface area contributed by atoms with Crippen molar-refractivity contribution in [1.29, 1.82) is 0 Å². The van der Waals surface area contributed by atoms with Gasteiger partial charge in [0.1, 0.15) is 0 Å². The van der Waals surface area contributed by atoms with Crippen LogP contribution in [0.25, 0.3) is 0 Å². The lowest BCUT2D eigenvalue weighted by molar-refractivity contribution is -0.0936. The van der Waals surface area contributed by atoms with Crippen LogP contribution >= 0.6 is 11.6 Å². The minimum Gasteiger partial charge on any atom is -0.166 e. The molecule has 0 radical (unpaired) electrons. The van der Waals surface area contributed by atoms with Crippen molar-refractivity contribution >= 4 is 11.6 Å². The molecule has 1 rings (SSSR count). The second kappa shape index (κ2) is 3.13. The Morgan fingerprint density at radius 2 is 2.08 bits per heavy atom. The molecule has 0 amide bonds. The van der Waals surface area contributed by atoms with Crippen molar-refractivity contribution < 1.29 is 13.2 Å². The average Bonchev–Trinajstić information content (AvgIpc) is 1.92. The third kappa shape index (κ3) is 2.03. The van der Waals surface area contributed by atoms with Crippen LogP contribution in [-0.2, 0) is 0 Å². The van der Waals surface area contributed by atoms with Crippen LogP contribution in [-0.4, -0.2) is 11.6 Å². The standard InChI is InChI=1S/C8H8ClF3/c1-5-2-3-7(9)6(4-5)8(10,11)12/h2,4,7H,3H2,1H3. The summed E-state index contributed by atoms with van der Waals surface area (Å²) in [7, 11) is 0.